The molecule has 1 N–H and O–H groups in total. The van der Waals surface area contributed by atoms with E-state index in [-0.39, 0.29) is 17.8 Å². The van der Waals surface area contributed by atoms with E-state index in [0.717, 1.165) is 28.6 Å². The lowest BCUT2D eigenvalue weighted by Crippen LogP contribution is -2.33. The monoisotopic (exact) mass is 398 g/mol. The predicted octanol–water partition coefficient (Wildman–Crippen LogP) is 4.43. The highest BCUT2D eigenvalue weighted by molar-refractivity contribution is 8.18. The van der Waals surface area contributed by atoms with Gasteiger partial charge in [-0.2, -0.15) is 0 Å². The fraction of sp³-hybridized carbons (Fsp3) is 0.238. The van der Waals surface area contributed by atoms with Gasteiger partial charge in [-0.3, -0.25) is 14.5 Å². The van der Waals surface area contributed by atoms with Gasteiger partial charge in [-0.25, -0.2) is 0 Å². The largest absolute Gasteiger partial charge is 0.497 e. The number of methoxy groups -OCH3 is 2. The van der Waals surface area contributed by atoms with Crippen LogP contribution in [0.5, 0.6) is 11.5 Å². The first-order chi connectivity index (χ1) is 13.4. The molecule has 146 valence electrons. The Morgan fingerprint density at radius 3 is 2.54 bits per heavy atom. The molecule has 28 heavy (non-hydrogen) atoms. The molecular formula is C21H22N2O4S. The molecule has 0 aliphatic carbocycles. The summed E-state index contributed by atoms with van der Waals surface area (Å²) in [6.07, 6.45) is 1.66. The molecular weight excluding hydrogens is 376 g/mol. The van der Waals surface area contributed by atoms with Crippen LogP contribution in [0.3, 0.4) is 0 Å². The number of nitrogens with zero attached hydrogens (tertiary/aromatic N) is 1. The van der Waals surface area contributed by atoms with E-state index in [2.05, 4.69) is 5.32 Å². The molecule has 2 aromatic carbocycles. The first kappa shape index (κ1) is 19.8. The summed E-state index contributed by atoms with van der Waals surface area (Å²) in [5.41, 5.74) is 3.78. The maximum Gasteiger partial charge on any atom is 0.295 e. The van der Waals surface area contributed by atoms with Crippen molar-refractivity contribution in [1.29, 1.82) is 0 Å². The van der Waals surface area contributed by atoms with E-state index in [9.17, 15) is 9.59 Å². The Hall–Kier alpha value is -2.93. The highest BCUT2D eigenvalue weighted by Crippen LogP contribution is 2.35. The molecule has 0 saturated carbocycles. The summed E-state index contributed by atoms with van der Waals surface area (Å²) >= 11 is 0.913. The lowest BCUT2D eigenvalue weighted by molar-refractivity contribution is -0.122. The summed E-state index contributed by atoms with van der Waals surface area (Å²) in [7, 11) is 3.12. The molecule has 2 aromatic rings. The Balaban J connectivity index is 1.79. The molecule has 1 heterocycles. The molecule has 0 unspecified atom stereocenters. The van der Waals surface area contributed by atoms with E-state index >= 15 is 0 Å². The number of aryl methyl sites for hydroxylation is 2. The molecule has 0 aromatic heterocycles. The Labute approximate surface area is 168 Å². The van der Waals surface area contributed by atoms with Crippen molar-refractivity contribution in [1.82, 2.24) is 4.90 Å². The van der Waals surface area contributed by atoms with Gasteiger partial charge in [0.05, 0.1) is 25.8 Å². The number of ether oxygens (including phenoxy) is 2. The number of thioether (sulfide) groups is 1. The molecule has 1 aliphatic heterocycles. The molecule has 0 spiro atoms. The van der Waals surface area contributed by atoms with Crippen LogP contribution < -0.4 is 14.8 Å². The van der Waals surface area contributed by atoms with E-state index in [1.54, 1.807) is 38.5 Å². The van der Waals surface area contributed by atoms with Gasteiger partial charge in [-0.15, -0.1) is 0 Å². The molecule has 0 radical (unpaired) electrons. The zero-order valence-corrected chi connectivity index (χ0v) is 17.1. The van der Waals surface area contributed by atoms with Crippen molar-refractivity contribution in [2.75, 3.05) is 26.2 Å². The van der Waals surface area contributed by atoms with Gasteiger partial charge in [-0.05, 0) is 61.5 Å². The molecule has 3 rings (SSSR count). The maximum atomic E-state index is 12.7. The third-order valence-corrected chi connectivity index (χ3v) is 5.31. The van der Waals surface area contributed by atoms with E-state index < -0.39 is 0 Å². The van der Waals surface area contributed by atoms with Crippen molar-refractivity contribution in [2.45, 2.75) is 13.8 Å². The number of benzene rings is 2. The van der Waals surface area contributed by atoms with Crippen LogP contribution in [0, 0.1) is 13.8 Å². The third kappa shape index (κ3) is 4.14. The van der Waals surface area contributed by atoms with Crippen molar-refractivity contribution in [3.63, 3.8) is 0 Å². The summed E-state index contributed by atoms with van der Waals surface area (Å²) in [5.74, 6) is 0.904. The Bertz CT molecular complexity index is 955. The van der Waals surface area contributed by atoms with Crippen molar-refractivity contribution in [3.8, 4) is 11.5 Å². The number of nitrogens with one attached hydrogen (secondary N) is 1. The SMILES string of the molecule is COc1ccc(OC)c(/C=C2/SC(=O)N(CNc3ccc(C)cc3C)C2=O)c1. The lowest BCUT2D eigenvalue weighted by Gasteiger charge is -2.16. The highest BCUT2D eigenvalue weighted by atomic mass is 32.2. The summed E-state index contributed by atoms with van der Waals surface area (Å²) in [6, 6.07) is 11.3. The zero-order chi connectivity index (χ0) is 20.3. The first-order valence-electron chi connectivity index (χ1n) is 8.71. The highest BCUT2D eigenvalue weighted by Gasteiger charge is 2.35. The second-order valence-electron chi connectivity index (χ2n) is 6.37. The fourth-order valence-corrected chi connectivity index (χ4v) is 3.74. The van der Waals surface area contributed by atoms with Crippen LogP contribution in [0.2, 0.25) is 0 Å². The minimum Gasteiger partial charge on any atom is -0.497 e. The van der Waals surface area contributed by atoms with Gasteiger partial charge in [0, 0.05) is 11.3 Å². The number of carbonyl (C=O) groups excluding carboxylic acids is 2. The zero-order valence-electron chi connectivity index (χ0n) is 16.2. The molecule has 6 nitrogen and oxygen atoms in total. The maximum absolute atomic E-state index is 12.7. The number of hydrogen-bond acceptors (Lipinski definition) is 6. The second-order valence-corrected chi connectivity index (χ2v) is 7.36. The minimum atomic E-state index is -0.336. The van der Waals surface area contributed by atoms with Gasteiger partial charge < -0.3 is 14.8 Å². The van der Waals surface area contributed by atoms with Crippen LogP contribution in [-0.2, 0) is 4.79 Å². The Kier molecular flexibility index (Phi) is 5.94. The van der Waals surface area contributed by atoms with E-state index in [4.69, 9.17) is 9.47 Å². The van der Waals surface area contributed by atoms with Crippen LogP contribution in [0.15, 0.2) is 41.3 Å². The normalized spacial score (nSPS) is 15.3. The minimum absolute atomic E-state index is 0.112. The van der Waals surface area contributed by atoms with Crippen molar-refractivity contribution in [2.24, 2.45) is 0 Å². The molecule has 1 saturated heterocycles. The Morgan fingerprint density at radius 1 is 1.07 bits per heavy atom. The van der Waals surface area contributed by atoms with E-state index in [0.29, 0.717) is 22.0 Å². The topological polar surface area (TPSA) is 67.9 Å². The van der Waals surface area contributed by atoms with Crippen molar-refractivity contribution < 1.29 is 19.1 Å². The standard InChI is InChI=1S/C21H22N2O4S/c1-13-5-7-17(14(2)9-13)22-12-23-20(24)19(28-21(23)25)11-15-10-16(26-3)6-8-18(15)27-4/h5-11,22H,12H2,1-4H3/b19-11+. The van der Waals surface area contributed by atoms with Crippen LogP contribution in [-0.4, -0.2) is 36.9 Å². The van der Waals surface area contributed by atoms with Gasteiger partial charge in [0.15, 0.2) is 0 Å². The first-order valence-corrected chi connectivity index (χ1v) is 9.53. The number of hydrogen-bond donors (Lipinski definition) is 1. The summed E-state index contributed by atoms with van der Waals surface area (Å²) in [5, 5.41) is 2.86. The van der Waals surface area contributed by atoms with Gasteiger partial charge in [-0.1, -0.05) is 17.7 Å². The van der Waals surface area contributed by atoms with Gasteiger partial charge in [0.25, 0.3) is 11.1 Å². The number of anilines is 1. The fourth-order valence-electron chi connectivity index (χ4n) is 2.91. The van der Waals surface area contributed by atoms with Crippen molar-refractivity contribution in [3.05, 3.63) is 58.0 Å². The lowest BCUT2D eigenvalue weighted by atomic mass is 10.1. The average Bonchev–Trinajstić information content (AvgIpc) is 2.94. The van der Waals surface area contributed by atoms with E-state index in [1.165, 1.54) is 4.90 Å². The molecule has 7 heteroatoms. The average molecular weight is 398 g/mol. The van der Waals surface area contributed by atoms with Crippen LogP contribution in [0.25, 0.3) is 6.08 Å². The van der Waals surface area contributed by atoms with Gasteiger partial charge >= 0.3 is 0 Å². The van der Waals surface area contributed by atoms with E-state index in [1.807, 2.05) is 32.0 Å². The molecule has 0 bridgehead atoms. The number of amides is 2. The van der Waals surface area contributed by atoms with Crippen LogP contribution in [0.4, 0.5) is 10.5 Å². The second kappa shape index (κ2) is 8.39. The molecule has 1 aliphatic rings. The smallest absolute Gasteiger partial charge is 0.295 e. The van der Waals surface area contributed by atoms with Gasteiger partial charge in [0.1, 0.15) is 11.5 Å². The number of rotatable bonds is 6. The summed E-state index contributed by atoms with van der Waals surface area (Å²) in [4.78, 5) is 26.6. The quantitative estimate of drug-likeness (QED) is 0.726. The molecule has 0 atom stereocenters. The summed E-state index contributed by atoms with van der Waals surface area (Å²) < 4.78 is 10.6. The third-order valence-electron chi connectivity index (χ3n) is 4.41. The number of imide groups is 1. The molecule has 1 fully saturated rings. The summed E-state index contributed by atoms with van der Waals surface area (Å²) in [6.45, 7) is 4.12. The molecule has 2 amide bonds. The van der Waals surface area contributed by atoms with Gasteiger partial charge in [0.2, 0.25) is 0 Å². The van der Waals surface area contributed by atoms with Crippen LogP contribution >= 0.6 is 11.8 Å². The van der Waals surface area contributed by atoms with Crippen LogP contribution in [0.1, 0.15) is 16.7 Å². The number of carbonyl (C=O) groups is 2. The Morgan fingerprint density at radius 2 is 1.86 bits per heavy atom. The predicted molar refractivity (Wildman–Crippen MR) is 112 cm³/mol. The van der Waals surface area contributed by atoms with Crippen molar-refractivity contribution >= 4 is 34.7 Å².